The van der Waals surface area contributed by atoms with Crippen molar-refractivity contribution >= 4 is 28.5 Å². The van der Waals surface area contributed by atoms with Crippen LogP contribution in [0, 0.1) is 12.7 Å². The number of hydrogen-bond donors (Lipinski definition) is 1. The number of hydrogen-bond acceptors (Lipinski definition) is 4. The van der Waals surface area contributed by atoms with Gasteiger partial charge in [-0.3, -0.25) is 4.90 Å². The van der Waals surface area contributed by atoms with Crippen LogP contribution in [-0.4, -0.2) is 21.9 Å². The molecular weight excluding hydrogens is 293 g/mol. The summed E-state index contributed by atoms with van der Waals surface area (Å²) < 4.78 is 14.0. The Labute approximate surface area is 127 Å². The highest BCUT2D eigenvalue weighted by atomic mass is 32.1. The second-order valence-corrected chi connectivity index (χ2v) is 6.08. The van der Waals surface area contributed by atoms with Gasteiger partial charge >= 0.3 is 0 Å². The third kappa shape index (κ3) is 3.59. The van der Waals surface area contributed by atoms with Gasteiger partial charge in [-0.15, -0.1) is 11.3 Å². The molecule has 1 aromatic carbocycles. The molecule has 2 aromatic rings. The third-order valence-corrected chi connectivity index (χ3v) is 4.19. The summed E-state index contributed by atoms with van der Waals surface area (Å²) in [5.41, 5.74) is 9.54. The number of thiazole rings is 1. The van der Waals surface area contributed by atoms with E-state index in [-0.39, 0.29) is 10.8 Å². The van der Waals surface area contributed by atoms with E-state index in [0.29, 0.717) is 17.7 Å². The first-order valence-electron chi connectivity index (χ1n) is 6.13. The predicted octanol–water partition coefficient (Wildman–Crippen LogP) is 2.86. The van der Waals surface area contributed by atoms with Gasteiger partial charge in [-0.05, 0) is 20.0 Å². The summed E-state index contributed by atoms with van der Waals surface area (Å²) >= 11 is 6.46. The minimum Gasteiger partial charge on any atom is -0.389 e. The highest BCUT2D eigenvalue weighted by molar-refractivity contribution is 7.80. The van der Waals surface area contributed by atoms with Crippen LogP contribution in [0.15, 0.2) is 23.7 Å². The van der Waals surface area contributed by atoms with E-state index in [9.17, 15) is 4.39 Å². The molecule has 0 aliphatic carbocycles. The number of aromatic nitrogens is 1. The largest absolute Gasteiger partial charge is 0.389 e. The van der Waals surface area contributed by atoms with Crippen LogP contribution in [-0.2, 0) is 13.1 Å². The molecule has 0 fully saturated rings. The van der Waals surface area contributed by atoms with Crippen LogP contribution in [0.4, 0.5) is 4.39 Å². The zero-order valence-electron chi connectivity index (χ0n) is 11.4. The molecule has 0 atom stereocenters. The lowest BCUT2D eigenvalue weighted by molar-refractivity contribution is 0.315. The molecule has 0 unspecified atom stereocenters. The topological polar surface area (TPSA) is 42.2 Å². The van der Waals surface area contributed by atoms with E-state index in [0.717, 1.165) is 12.2 Å². The summed E-state index contributed by atoms with van der Waals surface area (Å²) in [7, 11) is 1.96. The molecule has 2 rings (SSSR count). The molecule has 0 aliphatic heterocycles. The van der Waals surface area contributed by atoms with Gasteiger partial charge in [0.15, 0.2) is 0 Å². The maximum Gasteiger partial charge on any atom is 0.128 e. The molecule has 0 saturated heterocycles. The van der Waals surface area contributed by atoms with E-state index >= 15 is 0 Å². The lowest BCUT2D eigenvalue weighted by Gasteiger charge is -2.16. The number of rotatable bonds is 5. The van der Waals surface area contributed by atoms with Crippen molar-refractivity contribution in [2.24, 2.45) is 5.73 Å². The van der Waals surface area contributed by atoms with E-state index in [1.807, 2.05) is 19.5 Å². The Morgan fingerprint density at radius 1 is 1.45 bits per heavy atom. The highest BCUT2D eigenvalue weighted by Gasteiger charge is 2.10. The van der Waals surface area contributed by atoms with Crippen LogP contribution in [0.5, 0.6) is 0 Å². The van der Waals surface area contributed by atoms with Gasteiger partial charge in [-0.2, -0.15) is 0 Å². The smallest absolute Gasteiger partial charge is 0.128 e. The van der Waals surface area contributed by atoms with Gasteiger partial charge in [-0.1, -0.05) is 24.4 Å². The lowest BCUT2D eigenvalue weighted by atomic mass is 10.1. The van der Waals surface area contributed by atoms with Crippen LogP contribution in [0.25, 0.3) is 0 Å². The molecule has 6 heteroatoms. The SMILES string of the molecule is Cc1ncsc1CN(C)Cc1ccc(C(N)=S)cc1F. The molecule has 106 valence electrons. The Hall–Kier alpha value is -1.37. The van der Waals surface area contributed by atoms with Crippen molar-refractivity contribution in [3.63, 3.8) is 0 Å². The van der Waals surface area contributed by atoms with Gasteiger partial charge in [0.2, 0.25) is 0 Å². The van der Waals surface area contributed by atoms with Gasteiger partial charge in [0.25, 0.3) is 0 Å². The standard InChI is InChI=1S/C14H16FN3S2/c1-9-13(20-8-17-9)7-18(2)6-11-4-3-10(14(16)19)5-12(11)15/h3-5,8H,6-7H2,1-2H3,(H2,16,19). The van der Waals surface area contributed by atoms with Gasteiger partial charge in [0.1, 0.15) is 10.8 Å². The van der Waals surface area contributed by atoms with Gasteiger partial charge in [-0.25, -0.2) is 9.37 Å². The van der Waals surface area contributed by atoms with E-state index in [1.54, 1.807) is 23.5 Å². The molecule has 1 heterocycles. The van der Waals surface area contributed by atoms with Crippen molar-refractivity contribution in [1.29, 1.82) is 0 Å². The first kappa shape index (κ1) is 15.0. The maximum atomic E-state index is 14.0. The zero-order chi connectivity index (χ0) is 14.7. The average Bonchev–Trinajstić information content (AvgIpc) is 2.77. The number of nitrogens with two attached hydrogens (primary N) is 1. The first-order chi connectivity index (χ1) is 9.47. The fraction of sp³-hybridized carbons (Fsp3) is 0.286. The number of thiocarbonyl (C=S) groups is 1. The Morgan fingerprint density at radius 2 is 2.20 bits per heavy atom. The first-order valence-corrected chi connectivity index (χ1v) is 7.42. The maximum absolute atomic E-state index is 14.0. The Balaban J connectivity index is 2.06. The monoisotopic (exact) mass is 309 g/mol. The molecule has 0 bridgehead atoms. The molecule has 0 spiro atoms. The van der Waals surface area contributed by atoms with Gasteiger partial charge in [0, 0.05) is 29.1 Å². The summed E-state index contributed by atoms with van der Waals surface area (Å²) in [6.45, 7) is 3.27. The van der Waals surface area contributed by atoms with E-state index in [1.165, 1.54) is 10.9 Å². The summed E-state index contributed by atoms with van der Waals surface area (Å²) in [6, 6.07) is 4.88. The average molecular weight is 309 g/mol. The normalized spacial score (nSPS) is 11.0. The van der Waals surface area contributed by atoms with Crippen molar-refractivity contribution < 1.29 is 4.39 Å². The number of halogens is 1. The van der Waals surface area contributed by atoms with Crippen LogP contribution in [0.3, 0.4) is 0 Å². The predicted molar refractivity (Wildman–Crippen MR) is 84.3 cm³/mol. The number of benzene rings is 1. The van der Waals surface area contributed by atoms with Crippen molar-refractivity contribution in [1.82, 2.24) is 9.88 Å². The summed E-state index contributed by atoms with van der Waals surface area (Å²) in [6.07, 6.45) is 0. The molecule has 0 saturated carbocycles. The van der Waals surface area contributed by atoms with Gasteiger partial charge < -0.3 is 5.73 Å². The second kappa shape index (κ2) is 6.39. The van der Waals surface area contributed by atoms with E-state index in [2.05, 4.69) is 9.88 Å². The lowest BCUT2D eigenvalue weighted by Crippen LogP contribution is -2.18. The van der Waals surface area contributed by atoms with Gasteiger partial charge in [0.05, 0.1) is 11.2 Å². The fourth-order valence-corrected chi connectivity index (χ4v) is 2.88. The third-order valence-electron chi connectivity index (χ3n) is 3.04. The Kier molecular flexibility index (Phi) is 4.80. The van der Waals surface area contributed by atoms with Crippen LogP contribution in [0.2, 0.25) is 0 Å². The Morgan fingerprint density at radius 3 is 2.75 bits per heavy atom. The summed E-state index contributed by atoms with van der Waals surface area (Å²) in [4.78, 5) is 7.68. The van der Waals surface area contributed by atoms with Crippen LogP contribution < -0.4 is 5.73 Å². The van der Waals surface area contributed by atoms with E-state index < -0.39 is 0 Å². The fourth-order valence-electron chi connectivity index (χ4n) is 1.90. The number of aryl methyl sites for hydroxylation is 1. The minimum atomic E-state index is -0.275. The quantitative estimate of drug-likeness (QED) is 0.863. The molecule has 20 heavy (non-hydrogen) atoms. The minimum absolute atomic E-state index is 0.212. The molecule has 0 aliphatic rings. The van der Waals surface area contributed by atoms with E-state index in [4.69, 9.17) is 18.0 Å². The second-order valence-electron chi connectivity index (χ2n) is 4.70. The van der Waals surface area contributed by atoms with Crippen LogP contribution in [0.1, 0.15) is 21.7 Å². The molecule has 0 radical (unpaired) electrons. The highest BCUT2D eigenvalue weighted by Crippen LogP contribution is 2.17. The number of nitrogens with zero attached hydrogens (tertiary/aromatic N) is 2. The zero-order valence-corrected chi connectivity index (χ0v) is 13.0. The molecule has 1 aromatic heterocycles. The van der Waals surface area contributed by atoms with Crippen molar-refractivity contribution in [2.45, 2.75) is 20.0 Å². The molecule has 3 nitrogen and oxygen atoms in total. The summed E-state index contributed by atoms with van der Waals surface area (Å²) in [5.74, 6) is -0.275. The molecular formula is C14H16FN3S2. The molecule has 0 amide bonds. The van der Waals surface area contributed by atoms with Crippen molar-refractivity contribution in [2.75, 3.05) is 7.05 Å². The van der Waals surface area contributed by atoms with Crippen molar-refractivity contribution in [3.05, 3.63) is 51.2 Å². The van der Waals surface area contributed by atoms with Crippen LogP contribution >= 0.6 is 23.6 Å². The Bertz CT molecular complexity index is 625. The molecule has 2 N–H and O–H groups in total. The summed E-state index contributed by atoms with van der Waals surface area (Å²) in [5, 5.41) is 0. The van der Waals surface area contributed by atoms with Crippen molar-refractivity contribution in [3.8, 4) is 0 Å².